The van der Waals surface area contributed by atoms with E-state index >= 15 is 0 Å². The quantitative estimate of drug-likeness (QED) is 0.161. The minimum absolute atomic E-state index is 1.13. The van der Waals surface area contributed by atoms with Gasteiger partial charge in [0.1, 0.15) is 0 Å². The van der Waals surface area contributed by atoms with Gasteiger partial charge in [0.2, 0.25) is 0 Å². The third-order valence-electron chi connectivity index (χ3n) is 12.1. The summed E-state index contributed by atoms with van der Waals surface area (Å²) in [6.07, 6.45) is 2.24. The van der Waals surface area contributed by atoms with Crippen LogP contribution in [0.5, 0.6) is 0 Å². The maximum absolute atomic E-state index is 2.45. The van der Waals surface area contributed by atoms with Gasteiger partial charge < -0.3 is 13.7 Å². The van der Waals surface area contributed by atoms with Gasteiger partial charge in [0.05, 0.1) is 27.6 Å². The molecule has 0 bridgehead atoms. The molecular weight excluding hydrogens is 715 g/mol. The molecule has 12 aromatic rings. The van der Waals surface area contributed by atoms with Crippen LogP contribution in [0.4, 0.5) is 0 Å². The monoisotopic (exact) mass is 751 g/mol. The average molecular weight is 752 g/mol. The SMILES string of the molecule is c1ccc(-c2cc(-c3ccccc3)cc(-n3ccc4c3ccc3c5ccccc5n(-c5ccc(-n6c7ccccc7c7ccc(-c8ccccc8)cc76)cc5)c34)c2)cc1. The molecule has 3 nitrogen and oxygen atoms in total. The molecule has 0 aliphatic rings. The van der Waals surface area contributed by atoms with E-state index in [0.29, 0.717) is 0 Å². The number of para-hydroxylation sites is 2. The molecule has 0 saturated heterocycles. The van der Waals surface area contributed by atoms with Gasteiger partial charge >= 0.3 is 0 Å². The van der Waals surface area contributed by atoms with Gasteiger partial charge in [0.15, 0.2) is 0 Å². The van der Waals surface area contributed by atoms with Crippen LogP contribution in [0, 0.1) is 0 Å². The zero-order valence-corrected chi connectivity index (χ0v) is 32.2. The average Bonchev–Trinajstić information content (AvgIpc) is 4.00. The third kappa shape index (κ3) is 5.36. The zero-order chi connectivity index (χ0) is 38.9. The number of rotatable bonds is 6. The van der Waals surface area contributed by atoms with Gasteiger partial charge in [-0.05, 0) is 106 Å². The molecule has 0 N–H and O–H groups in total. The maximum Gasteiger partial charge on any atom is 0.0635 e. The fourth-order valence-electron chi connectivity index (χ4n) is 9.32. The summed E-state index contributed by atoms with van der Waals surface area (Å²) in [6.45, 7) is 0. The fourth-order valence-corrected chi connectivity index (χ4v) is 9.32. The molecule has 0 aliphatic carbocycles. The summed E-state index contributed by atoms with van der Waals surface area (Å²) in [5.74, 6) is 0. The summed E-state index contributed by atoms with van der Waals surface area (Å²) in [6, 6.07) is 79.4. The summed E-state index contributed by atoms with van der Waals surface area (Å²) in [5, 5.41) is 6.21. The summed E-state index contributed by atoms with van der Waals surface area (Å²) < 4.78 is 7.22. The van der Waals surface area contributed by atoms with E-state index < -0.39 is 0 Å². The van der Waals surface area contributed by atoms with Gasteiger partial charge in [0.25, 0.3) is 0 Å². The number of hydrogen-bond acceptors (Lipinski definition) is 0. The van der Waals surface area contributed by atoms with Crippen LogP contribution >= 0.6 is 0 Å². The van der Waals surface area contributed by atoms with Crippen molar-refractivity contribution in [2.24, 2.45) is 0 Å². The molecule has 3 heteroatoms. The topological polar surface area (TPSA) is 14.8 Å². The lowest BCUT2D eigenvalue weighted by molar-refractivity contribution is 1.13. The minimum atomic E-state index is 1.13. The van der Waals surface area contributed by atoms with Crippen LogP contribution in [0.1, 0.15) is 0 Å². The van der Waals surface area contributed by atoms with Crippen LogP contribution in [0.3, 0.4) is 0 Å². The lowest BCUT2D eigenvalue weighted by atomic mass is 9.98. The van der Waals surface area contributed by atoms with E-state index in [1.165, 1.54) is 87.9 Å². The van der Waals surface area contributed by atoms with E-state index in [9.17, 15) is 0 Å². The largest absolute Gasteiger partial charge is 0.316 e. The van der Waals surface area contributed by atoms with Crippen molar-refractivity contribution >= 4 is 54.5 Å². The highest BCUT2D eigenvalue weighted by Gasteiger charge is 2.19. The van der Waals surface area contributed by atoms with Crippen molar-refractivity contribution < 1.29 is 0 Å². The van der Waals surface area contributed by atoms with Crippen molar-refractivity contribution in [1.29, 1.82) is 0 Å². The molecule has 276 valence electrons. The minimum Gasteiger partial charge on any atom is -0.316 e. The lowest BCUT2D eigenvalue weighted by Gasteiger charge is -2.14. The summed E-state index contributed by atoms with van der Waals surface area (Å²) in [4.78, 5) is 0. The summed E-state index contributed by atoms with van der Waals surface area (Å²) >= 11 is 0. The second-order valence-corrected chi connectivity index (χ2v) is 15.4. The smallest absolute Gasteiger partial charge is 0.0635 e. The Kier molecular flexibility index (Phi) is 7.54. The molecule has 0 unspecified atom stereocenters. The number of aromatic nitrogens is 3. The highest BCUT2D eigenvalue weighted by atomic mass is 15.0. The molecule has 0 aliphatic heterocycles. The van der Waals surface area contributed by atoms with Crippen molar-refractivity contribution in [2.75, 3.05) is 0 Å². The molecule has 0 saturated carbocycles. The van der Waals surface area contributed by atoms with Crippen LogP contribution in [0.25, 0.3) is 105 Å². The third-order valence-corrected chi connectivity index (χ3v) is 12.1. The molecule has 9 aromatic carbocycles. The molecule has 59 heavy (non-hydrogen) atoms. The van der Waals surface area contributed by atoms with E-state index in [1.807, 2.05) is 0 Å². The van der Waals surface area contributed by atoms with Crippen LogP contribution in [-0.2, 0) is 0 Å². The summed E-state index contributed by atoms with van der Waals surface area (Å²) in [5.41, 5.74) is 16.6. The number of fused-ring (bicyclic) bond motifs is 8. The zero-order valence-electron chi connectivity index (χ0n) is 32.2. The van der Waals surface area contributed by atoms with Crippen LogP contribution in [0.15, 0.2) is 225 Å². The Morgan fingerprint density at radius 1 is 0.237 bits per heavy atom. The van der Waals surface area contributed by atoms with Gasteiger partial charge in [-0.15, -0.1) is 0 Å². The van der Waals surface area contributed by atoms with Crippen molar-refractivity contribution in [3.8, 4) is 50.4 Å². The van der Waals surface area contributed by atoms with Crippen LogP contribution in [-0.4, -0.2) is 13.7 Å². The molecular formula is C56H37N3. The molecule has 0 fully saturated rings. The van der Waals surface area contributed by atoms with Gasteiger partial charge in [-0.25, -0.2) is 0 Å². The van der Waals surface area contributed by atoms with Gasteiger partial charge in [-0.1, -0.05) is 146 Å². The van der Waals surface area contributed by atoms with E-state index in [2.05, 4.69) is 238 Å². The predicted octanol–water partition coefficient (Wildman–Crippen LogP) is 14.8. The van der Waals surface area contributed by atoms with Gasteiger partial charge in [-0.3, -0.25) is 0 Å². The second-order valence-electron chi connectivity index (χ2n) is 15.4. The molecule has 0 radical (unpaired) electrons. The Hall–Kier alpha value is -7.88. The number of nitrogens with zero attached hydrogens (tertiary/aromatic N) is 3. The van der Waals surface area contributed by atoms with Crippen LogP contribution in [0.2, 0.25) is 0 Å². The van der Waals surface area contributed by atoms with Crippen LogP contribution < -0.4 is 0 Å². The molecule has 0 amide bonds. The number of hydrogen-bond donors (Lipinski definition) is 0. The molecule has 0 spiro atoms. The Bertz CT molecular complexity index is 3460. The van der Waals surface area contributed by atoms with E-state index in [-0.39, 0.29) is 0 Å². The highest BCUT2D eigenvalue weighted by Crippen LogP contribution is 2.40. The normalized spacial score (nSPS) is 11.7. The Morgan fingerprint density at radius 3 is 1.36 bits per heavy atom. The van der Waals surface area contributed by atoms with E-state index in [1.54, 1.807) is 0 Å². The first kappa shape index (κ1) is 33.3. The van der Waals surface area contributed by atoms with Crippen molar-refractivity contribution in [1.82, 2.24) is 13.7 Å². The Labute approximate surface area is 341 Å². The molecule has 3 aromatic heterocycles. The van der Waals surface area contributed by atoms with Gasteiger partial charge in [-0.2, -0.15) is 0 Å². The maximum atomic E-state index is 2.45. The highest BCUT2D eigenvalue weighted by molar-refractivity contribution is 6.18. The standard InChI is InChI=1S/C56H37N3/c1-4-14-38(15-5-1)41-24-29-49-47-20-10-12-22-53(47)58(55(49)37-41)44-25-27-45(28-26-44)59-54-23-13-11-21-48(54)50-30-31-52-51(56(50)59)32-33-57(52)46-35-42(39-16-6-2-7-17-39)34-43(36-46)40-18-8-3-9-19-40/h1-37H. The lowest BCUT2D eigenvalue weighted by Crippen LogP contribution is -1.98. The Morgan fingerprint density at radius 2 is 0.729 bits per heavy atom. The van der Waals surface area contributed by atoms with Gasteiger partial charge in [0, 0.05) is 50.2 Å². The first-order chi connectivity index (χ1) is 29.3. The fraction of sp³-hybridized carbons (Fsp3) is 0. The predicted molar refractivity (Wildman–Crippen MR) is 248 cm³/mol. The van der Waals surface area contributed by atoms with E-state index in [4.69, 9.17) is 0 Å². The van der Waals surface area contributed by atoms with Crippen molar-refractivity contribution in [2.45, 2.75) is 0 Å². The van der Waals surface area contributed by atoms with Crippen molar-refractivity contribution in [3.63, 3.8) is 0 Å². The second kappa shape index (κ2) is 13.4. The first-order valence-corrected chi connectivity index (χ1v) is 20.3. The molecule has 0 atom stereocenters. The number of benzene rings is 9. The molecule has 3 heterocycles. The van der Waals surface area contributed by atoms with Crippen molar-refractivity contribution in [3.05, 3.63) is 225 Å². The first-order valence-electron chi connectivity index (χ1n) is 20.3. The summed E-state index contributed by atoms with van der Waals surface area (Å²) in [7, 11) is 0. The molecule has 12 rings (SSSR count). The Balaban J connectivity index is 1.03. The van der Waals surface area contributed by atoms with E-state index in [0.717, 1.165) is 17.1 Å².